The normalized spacial score (nSPS) is 18.2. The molecule has 1 atom stereocenters. The minimum atomic E-state index is 0.120. The monoisotopic (exact) mass is 228 g/mol. The molecule has 2 heteroatoms. The third kappa shape index (κ3) is 1.98. The molecular weight excluding hydrogens is 208 g/mol. The lowest BCUT2D eigenvalue weighted by molar-refractivity contribution is 0.280. The van der Waals surface area contributed by atoms with Crippen LogP contribution in [-0.2, 0) is 6.54 Å². The van der Waals surface area contributed by atoms with Gasteiger partial charge in [0.15, 0.2) is 0 Å². The van der Waals surface area contributed by atoms with Gasteiger partial charge in [-0.1, -0.05) is 12.5 Å². The lowest BCUT2D eigenvalue weighted by Gasteiger charge is -2.26. The number of nitrogens with two attached hydrogens (primary N) is 1. The summed E-state index contributed by atoms with van der Waals surface area (Å²) in [5, 5.41) is 1.32. The van der Waals surface area contributed by atoms with Gasteiger partial charge >= 0.3 is 0 Å². The van der Waals surface area contributed by atoms with E-state index in [1.165, 1.54) is 42.3 Å². The first-order chi connectivity index (χ1) is 8.24. The van der Waals surface area contributed by atoms with Crippen molar-refractivity contribution in [2.24, 2.45) is 11.7 Å². The second-order valence-electron chi connectivity index (χ2n) is 5.37. The van der Waals surface area contributed by atoms with Crippen LogP contribution in [0.15, 0.2) is 30.5 Å². The smallest absolute Gasteiger partial charge is 0.0480 e. The van der Waals surface area contributed by atoms with Gasteiger partial charge in [0.25, 0.3) is 0 Å². The predicted molar refractivity (Wildman–Crippen MR) is 71.9 cm³/mol. The lowest BCUT2D eigenvalue weighted by atomic mass is 9.85. The van der Waals surface area contributed by atoms with E-state index < -0.39 is 0 Å². The molecule has 1 fully saturated rings. The molecular formula is C15H20N2. The van der Waals surface area contributed by atoms with Gasteiger partial charge in [-0.25, -0.2) is 0 Å². The minimum Gasteiger partial charge on any atom is -0.347 e. The molecule has 90 valence electrons. The third-order valence-electron chi connectivity index (χ3n) is 4.00. The first kappa shape index (κ1) is 10.8. The molecule has 1 aliphatic carbocycles. The van der Waals surface area contributed by atoms with Crippen molar-refractivity contribution in [3.05, 3.63) is 36.0 Å². The Morgan fingerprint density at radius 2 is 2.18 bits per heavy atom. The highest BCUT2D eigenvalue weighted by molar-refractivity contribution is 5.81. The van der Waals surface area contributed by atoms with Crippen LogP contribution in [-0.4, -0.2) is 4.57 Å². The summed E-state index contributed by atoms with van der Waals surface area (Å²) in [6.45, 7) is 3.22. The van der Waals surface area contributed by atoms with E-state index >= 15 is 0 Å². The Hall–Kier alpha value is -1.28. The van der Waals surface area contributed by atoms with Gasteiger partial charge in [0, 0.05) is 24.3 Å². The zero-order chi connectivity index (χ0) is 11.8. The number of fused-ring (bicyclic) bond motifs is 1. The molecule has 0 radical (unpaired) electrons. The second-order valence-corrected chi connectivity index (χ2v) is 5.37. The largest absolute Gasteiger partial charge is 0.347 e. The summed E-state index contributed by atoms with van der Waals surface area (Å²) < 4.78 is 2.39. The van der Waals surface area contributed by atoms with Gasteiger partial charge in [-0.2, -0.15) is 0 Å². The van der Waals surface area contributed by atoms with Crippen LogP contribution < -0.4 is 5.73 Å². The van der Waals surface area contributed by atoms with Crippen LogP contribution in [0.3, 0.4) is 0 Å². The summed E-state index contributed by atoms with van der Waals surface area (Å²) in [5.74, 6) is 0.902. The van der Waals surface area contributed by atoms with Gasteiger partial charge in [0.1, 0.15) is 0 Å². The van der Waals surface area contributed by atoms with Gasteiger partial charge in [-0.05, 0) is 54.8 Å². The van der Waals surface area contributed by atoms with Crippen molar-refractivity contribution in [2.75, 3.05) is 0 Å². The average molecular weight is 228 g/mol. The van der Waals surface area contributed by atoms with Crippen LogP contribution in [0.4, 0.5) is 0 Å². The van der Waals surface area contributed by atoms with E-state index in [1.54, 1.807) is 0 Å². The Labute approximate surface area is 102 Å². The predicted octanol–water partition coefficient (Wildman–Crippen LogP) is 3.46. The molecule has 0 aliphatic heterocycles. The second kappa shape index (κ2) is 4.19. The van der Waals surface area contributed by atoms with Crippen molar-refractivity contribution in [1.82, 2.24) is 4.57 Å². The van der Waals surface area contributed by atoms with Gasteiger partial charge in [-0.3, -0.25) is 0 Å². The third-order valence-corrected chi connectivity index (χ3v) is 4.00. The first-order valence-electron chi connectivity index (χ1n) is 6.58. The SMILES string of the molecule is CC(N)c1ccc2c(ccn2CC2CCC2)c1. The van der Waals surface area contributed by atoms with Crippen LogP contribution in [0.5, 0.6) is 0 Å². The molecule has 0 spiro atoms. The molecule has 1 saturated carbocycles. The summed E-state index contributed by atoms with van der Waals surface area (Å²) in [6, 6.07) is 8.92. The molecule has 0 saturated heterocycles. The molecule has 0 amide bonds. The molecule has 1 heterocycles. The van der Waals surface area contributed by atoms with E-state index in [0.717, 1.165) is 5.92 Å². The van der Waals surface area contributed by atoms with E-state index in [-0.39, 0.29) is 6.04 Å². The maximum absolute atomic E-state index is 5.92. The van der Waals surface area contributed by atoms with E-state index in [2.05, 4.69) is 35.0 Å². The summed E-state index contributed by atoms with van der Waals surface area (Å²) in [5.41, 5.74) is 8.49. The van der Waals surface area contributed by atoms with Crippen LogP contribution in [0, 0.1) is 5.92 Å². The molecule has 1 aromatic carbocycles. The number of hydrogen-bond donors (Lipinski definition) is 1. The highest BCUT2D eigenvalue weighted by atomic mass is 15.0. The van der Waals surface area contributed by atoms with Gasteiger partial charge in [-0.15, -0.1) is 0 Å². The summed E-state index contributed by atoms with van der Waals surface area (Å²) >= 11 is 0. The minimum absolute atomic E-state index is 0.120. The fourth-order valence-electron chi connectivity index (χ4n) is 2.61. The standard InChI is InChI=1S/C15H20N2/c1-11(16)13-5-6-15-14(9-13)7-8-17(15)10-12-3-2-4-12/h5-9,11-12H,2-4,10,16H2,1H3. The van der Waals surface area contributed by atoms with Crippen molar-refractivity contribution in [2.45, 2.75) is 38.8 Å². The van der Waals surface area contributed by atoms with E-state index in [1.807, 2.05) is 6.92 Å². The Balaban J connectivity index is 1.92. The Morgan fingerprint density at radius 1 is 1.35 bits per heavy atom. The van der Waals surface area contributed by atoms with Crippen LogP contribution in [0.25, 0.3) is 10.9 Å². The molecule has 2 N–H and O–H groups in total. The molecule has 1 aliphatic rings. The Bertz CT molecular complexity index is 521. The molecule has 2 nitrogen and oxygen atoms in total. The number of rotatable bonds is 3. The fraction of sp³-hybridized carbons (Fsp3) is 0.467. The van der Waals surface area contributed by atoms with Crippen molar-refractivity contribution in [3.63, 3.8) is 0 Å². The van der Waals surface area contributed by atoms with E-state index in [9.17, 15) is 0 Å². The Kier molecular flexibility index (Phi) is 2.67. The number of aromatic nitrogens is 1. The van der Waals surface area contributed by atoms with E-state index in [4.69, 9.17) is 5.73 Å². The number of benzene rings is 1. The van der Waals surface area contributed by atoms with Crippen LogP contribution >= 0.6 is 0 Å². The van der Waals surface area contributed by atoms with Crippen LogP contribution in [0.2, 0.25) is 0 Å². The molecule has 1 aromatic heterocycles. The fourth-order valence-corrected chi connectivity index (χ4v) is 2.61. The van der Waals surface area contributed by atoms with E-state index in [0.29, 0.717) is 0 Å². The lowest BCUT2D eigenvalue weighted by Crippen LogP contribution is -2.17. The summed E-state index contributed by atoms with van der Waals surface area (Å²) in [4.78, 5) is 0. The zero-order valence-corrected chi connectivity index (χ0v) is 10.4. The first-order valence-corrected chi connectivity index (χ1v) is 6.58. The average Bonchev–Trinajstić information content (AvgIpc) is 2.65. The highest BCUT2D eigenvalue weighted by Crippen LogP contribution is 2.29. The maximum Gasteiger partial charge on any atom is 0.0480 e. The van der Waals surface area contributed by atoms with Crippen molar-refractivity contribution < 1.29 is 0 Å². The quantitative estimate of drug-likeness (QED) is 0.857. The number of hydrogen-bond acceptors (Lipinski definition) is 1. The van der Waals surface area contributed by atoms with Crippen molar-refractivity contribution >= 4 is 10.9 Å². The zero-order valence-electron chi connectivity index (χ0n) is 10.4. The van der Waals surface area contributed by atoms with Crippen molar-refractivity contribution in [1.29, 1.82) is 0 Å². The van der Waals surface area contributed by atoms with Crippen LogP contribution in [0.1, 0.15) is 37.8 Å². The molecule has 17 heavy (non-hydrogen) atoms. The number of nitrogens with zero attached hydrogens (tertiary/aromatic N) is 1. The summed E-state index contributed by atoms with van der Waals surface area (Å²) in [7, 11) is 0. The molecule has 0 bridgehead atoms. The van der Waals surface area contributed by atoms with Crippen molar-refractivity contribution in [3.8, 4) is 0 Å². The summed E-state index contributed by atoms with van der Waals surface area (Å²) in [6.07, 6.45) is 6.43. The topological polar surface area (TPSA) is 30.9 Å². The maximum atomic E-state index is 5.92. The van der Waals surface area contributed by atoms with Gasteiger partial charge in [0.2, 0.25) is 0 Å². The Morgan fingerprint density at radius 3 is 2.82 bits per heavy atom. The molecule has 3 rings (SSSR count). The molecule has 1 unspecified atom stereocenters. The van der Waals surface area contributed by atoms with Gasteiger partial charge in [0.05, 0.1) is 0 Å². The van der Waals surface area contributed by atoms with Gasteiger partial charge < -0.3 is 10.3 Å². The highest BCUT2D eigenvalue weighted by Gasteiger charge is 2.18. The molecule has 2 aromatic rings.